The van der Waals surface area contributed by atoms with Crippen LogP contribution in [-0.4, -0.2) is 25.5 Å². The maximum absolute atomic E-state index is 12.1. The van der Waals surface area contributed by atoms with Crippen LogP contribution in [0.4, 0.5) is 0 Å². The molecule has 1 heterocycles. The molecule has 24 heavy (non-hydrogen) atoms. The number of rotatable bonds is 8. The fraction of sp³-hybridized carbons (Fsp3) is 0.263. The van der Waals surface area contributed by atoms with Gasteiger partial charge < -0.3 is 13.9 Å². The van der Waals surface area contributed by atoms with Gasteiger partial charge in [-0.15, -0.1) is 0 Å². The fourth-order valence-corrected chi connectivity index (χ4v) is 1.93. The van der Waals surface area contributed by atoms with Gasteiger partial charge in [0.15, 0.2) is 5.76 Å². The Kier molecular flexibility index (Phi) is 6.37. The molecule has 2 aromatic rings. The minimum Gasteiger partial charge on any atom is -0.497 e. The molecule has 0 radical (unpaired) electrons. The van der Waals surface area contributed by atoms with E-state index in [2.05, 4.69) is 0 Å². The van der Waals surface area contributed by atoms with Gasteiger partial charge in [0, 0.05) is 0 Å². The van der Waals surface area contributed by atoms with E-state index in [9.17, 15) is 9.59 Å². The van der Waals surface area contributed by atoms with Gasteiger partial charge in [-0.2, -0.15) is 0 Å². The van der Waals surface area contributed by atoms with Gasteiger partial charge in [0.25, 0.3) is 0 Å². The predicted octanol–water partition coefficient (Wildman–Crippen LogP) is 4.14. The molecule has 0 aliphatic rings. The lowest BCUT2D eigenvalue weighted by molar-refractivity contribution is 0.0462. The van der Waals surface area contributed by atoms with Gasteiger partial charge in [-0.1, -0.05) is 31.6 Å². The zero-order chi connectivity index (χ0) is 17.4. The summed E-state index contributed by atoms with van der Waals surface area (Å²) >= 11 is 0. The lowest BCUT2D eigenvalue weighted by atomic mass is 10.2. The third-order valence-electron chi connectivity index (χ3n) is 3.32. The van der Waals surface area contributed by atoms with Crippen molar-refractivity contribution in [2.24, 2.45) is 0 Å². The molecule has 0 aliphatic carbocycles. The van der Waals surface area contributed by atoms with Crippen LogP contribution in [0.1, 0.15) is 46.4 Å². The van der Waals surface area contributed by atoms with E-state index in [0.717, 1.165) is 24.2 Å². The Balaban J connectivity index is 1.97. The molecule has 5 heteroatoms. The van der Waals surface area contributed by atoms with E-state index in [1.807, 2.05) is 19.1 Å². The number of hydrogen-bond donors (Lipinski definition) is 0. The van der Waals surface area contributed by atoms with Crippen LogP contribution in [0.3, 0.4) is 0 Å². The second-order valence-corrected chi connectivity index (χ2v) is 5.12. The lowest BCUT2D eigenvalue weighted by Gasteiger charge is -2.00. The molecule has 2 rings (SSSR count). The van der Waals surface area contributed by atoms with E-state index in [-0.39, 0.29) is 17.3 Å². The fourth-order valence-electron chi connectivity index (χ4n) is 1.93. The van der Waals surface area contributed by atoms with E-state index in [1.54, 1.807) is 25.3 Å². The summed E-state index contributed by atoms with van der Waals surface area (Å²) < 4.78 is 15.4. The summed E-state index contributed by atoms with van der Waals surface area (Å²) in [6.07, 6.45) is 4.80. The molecule has 0 saturated carbocycles. The molecule has 5 nitrogen and oxygen atoms in total. The average molecular weight is 328 g/mol. The van der Waals surface area contributed by atoms with Gasteiger partial charge in [-0.25, -0.2) is 4.79 Å². The van der Waals surface area contributed by atoms with Crippen molar-refractivity contribution in [1.82, 2.24) is 0 Å². The Labute approximate surface area is 140 Å². The van der Waals surface area contributed by atoms with Crippen LogP contribution in [0.5, 0.6) is 5.75 Å². The highest BCUT2D eigenvalue weighted by Gasteiger charge is 2.15. The van der Waals surface area contributed by atoms with E-state index >= 15 is 0 Å². The number of esters is 1. The molecule has 0 bridgehead atoms. The van der Waals surface area contributed by atoms with Crippen molar-refractivity contribution in [3.8, 4) is 5.75 Å². The molecule has 0 spiro atoms. The standard InChI is InChI=1S/C19H20O5/c1-3-4-13-23-19(21)18-12-11-17(24-18)16(20)10-7-14-5-8-15(22-2)9-6-14/h5-12H,3-4,13H2,1-2H3. The minimum absolute atomic E-state index is 0.0345. The minimum atomic E-state index is -0.554. The smallest absolute Gasteiger partial charge is 0.374 e. The molecule has 0 N–H and O–H groups in total. The first kappa shape index (κ1) is 17.5. The van der Waals surface area contributed by atoms with Gasteiger partial charge in [-0.05, 0) is 42.3 Å². The maximum atomic E-state index is 12.1. The van der Waals surface area contributed by atoms with Crippen LogP contribution in [0.2, 0.25) is 0 Å². The van der Waals surface area contributed by atoms with Crippen molar-refractivity contribution < 1.29 is 23.5 Å². The third kappa shape index (κ3) is 4.84. The summed E-state index contributed by atoms with van der Waals surface area (Å²) in [6.45, 7) is 2.35. The summed E-state index contributed by atoms with van der Waals surface area (Å²) in [5, 5.41) is 0. The number of benzene rings is 1. The molecular weight excluding hydrogens is 308 g/mol. The van der Waals surface area contributed by atoms with Crippen LogP contribution in [-0.2, 0) is 4.74 Å². The highest BCUT2D eigenvalue weighted by Crippen LogP contribution is 2.14. The number of carbonyl (C=O) groups is 2. The first-order valence-corrected chi connectivity index (χ1v) is 7.77. The van der Waals surface area contributed by atoms with Crippen molar-refractivity contribution in [2.75, 3.05) is 13.7 Å². The highest BCUT2D eigenvalue weighted by atomic mass is 16.5. The molecule has 126 valence electrons. The SMILES string of the molecule is CCCCOC(=O)c1ccc(C(=O)C=Cc2ccc(OC)cc2)o1. The number of unbranched alkanes of at least 4 members (excludes halogenated alkanes) is 1. The summed E-state index contributed by atoms with van der Waals surface area (Å²) in [5.41, 5.74) is 0.856. The average Bonchev–Trinajstić information content (AvgIpc) is 3.10. The van der Waals surface area contributed by atoms with Crippen LogP contribution in [0.25, 0.3) is 6.08 Å². The van der Waals surface area contributed by atoms with Gasteiger partial charge in [0.1, 0.15) is 5.75 Å². The Bertz CT molecular complexity index is 710. The largest absolute Gasteiger partial charge is 0.497 e. The van der Waals surface area contributed by atoms with Gasteiger partial charge >= 0.3 is 5.97 Å². The van der Waals surface area contributed by atoms with Crippen LogP contribution < -0.4 is 4.74 Å². The van der Waals surface area contributed by atoms with Crippen molar-refractivity contribution in [3.63, 3.8) is 0 Å². The van der Waals surface area contributed by atoms with Gasteiger partial charge in [-0.3, -0.25) is 4.79 Å². The number of furan rings is 1. The maximum Gasteiger partial charge on any atom is 0.374 e. The molecule has 0 aliphatic heterocycles. The van der Waals surface area contributed by atoms with E-state index < -0.39 is 5.97 Å². The first-order chi connectivity index (χ1) is 11.6. The normalized spacial score (nSPS) is 10.8. The predicted molar refractivity (Wildman–Crippen MR) is 90.3 cm³/mol. The molecule has 1 aromatic heterocycles. The summed E-state index contributed by atoms with van der Waals surface area (Å²) in [4.78, 5) is 23.8. The summed E-state index contributed by atoms with van der Waals surface area (Å²) in [7, 11) is 1.59. The Hall–Kier alpha value is -2.82. The van der Waals surface area contributed by atoms with Crippen molar-refractivity contribution >= 4 is 17.8 Å². The quantitative estimate of drug-likeness (QED) is 0.315. The highest BCUT2D eigenvalue weighted by molar-refractivity contribution is 6.05. The zero-order valence-electron chi connectivity index (χ0n) is 13.8. The number of carbonyl (C=O) groups excluding carboxylic acids is 2. The van der Waals surface area contributed by atoms with E-state index in [0.29, 0.717) is 6.61 Å². The molecule has 0 amide bonds. The van der Waals surface area contributed by atoms with Crippen LogP contribution in [0, 0.1) is 0 Å². The van der Waals surface area contributed by atoms with Gasteiger partial charge in [0.05, 0.1) is 13.7 Å². The van der Waals surface area contributed by atoms with Crippen molar-refractivity contribution in [3.05, 3.63) is 59.6 Å². The second kappa shape index (κ2) is 8.72. The molecule has 0 unspecified atom stereocenters. The second-order valence-electron chi connectivity index (χ2n) is 5.12. The molecule has 0 atom stereocenters. The van der Waals surface area contributed by atoms with Crippen LogP contribution >= 0.6 is 0 Å². The monoisotopic (exact) mass is 328 g/mol. The van der Waals surface area contributed by atoms with E-state index in [4.69, 9.17) is 13.9 Å². The Morgan fingerprint density at radius 3 is 2.46 bits per heavy atom. The Morgan fingerprint density at radius 1 is 1.08 bits per heavy atom. The topological polar surface area (TPSA) is 65.7 Å². The number of hydrogen-bond acceptors (Lipinski definition) is 5. The zero-order valence-corrected chi connectivity index (χ0v) is 13.8. The number of methoxy groups -OCH3 is 1. The molecule has 0 fully saturated rings. The third-order valence-corrected chi connectivity index (χ3v) is 3.32. The number of ketones is 1. The molecular formula is C19H20O5. The molecule has 1 aromatic carbocycles. The summed E-state index contributed by atoms with van der Waals surface area (Å²) in [5.74, 6) is 0.00491. The molecule has 0 saturated heterocycles. The van der Waals surface area contributed by atoms with Crippen molar-refractivity contribution in [1.29, 1.82) is 0 Å². The number of ether oxygens (including phenoxy) is 2. The van der Waals surface area contributed by atoms with Crippen molar-refractivity contribution in [2.45, 2.75) is 19.8 Å². The van der Waals surface area contributed by atoms with Gasteiger partial charge in [0.2, 0.25) is 11.5 Å². The first-order valence-electron chi connectivity index (χ1n) is 7.77. The Morgan fingerprint density at radius 2 is 1.79 bits per heavy atom. The lowest BCUT2D eigenvalue weighted by Crippen LogP contribution is -2.05. The van der Waals surface area contributed by atoms with E-state index in [1.165, 1.54) is 18.2 Å². The van der Waals surface area contributed by atoms with Crippen LogP contribution in [0.15, 0.2) is 46.9 Å². The summed E-state index contributed by atoms with van der Waals surface area (Å²) in [6, 6.07) is 10.2. The number of allylic oxidation sites excluding steroid dienone is 1.